The number of fused-ring (bicyclic) bond motifs is 1. The molecule has 1 heterocycles. The van der Waals surface area contributed by atoms with Gasteiger partial charge >= 0.3 is 0 Å². The zero-order valence-corrected chi connectivity index (χ0v) is 11.3. The maximum atomic E-state index is 5.89. The number of pyridine rings is 1. The van der Waals surface area contributed by atoms with E-state index in [1.165, 1.54) is 0 Å². The molecule has 0 saturated heterocycles. The van der Waals surface area contributed by atoms with E-state index in [0.717, 1.165) is 28.0 Å². The molecule has 0 aliphatic rings. The van der Waals surface area contributed by atoms with Crippen molar-refractivity contribution in [2.75, 3.05) is 5.73 Å². The van der Waals surface area contributed by atoms with Gasteiger partial charge < -0.3 is 10.5 Å². The third kappa shape index (κ3) is 2.57. The number of anilines is 1. The van der Waals surface area contributed by atoms with Crippen LogP contribution in [0.15, 0.2) is 60.7 Å². The lowest BCUT2D eigenvalue weighted by Crippen LogP contribution is -2.05. The van der Waals surface area contributed by atoms with E-state index in [1.807, 2.05) is 55.5 Å². The number of nitrogens with zero attached hydrogens (tertiary/aromatic N) is 1. The van der Waals surface area contributed by atoms with Gasteiger partial charge in [0, 0.05) is 11.1 Å². The smallest absolute Gasteiger partial charge is 0.138 e. The summed E-state index contributed by atoms with van der Waals surface area (Å²) in [6.07, 6.45) is -0.108. The zero-order valence-electron chi connectivity index (χ0n) is 11.3. The normalized spacial score (nSPS) is 12.2. The molecule has 0 fully saturated rings. The number of rotatable bonds is 3. The fraction of sp³-hybridized carbons (Fsp3) is 0.118. The van der Waals surface area contributed by atoms with Crippen molar-refractivity contribution in [3.05, 3.63) is 66.4 Å². The molecule has 2 N–H and O–H groups in total. The fourth-order valence-corrected chi connectivity index (χ4v) is 2.12. The molecular weight excluding hydrogens is 248 g/mol. The number of hydrogen-bond acceptors (Lipinski definition) is 3. The van der Waals surface area contributed by atoms with Gasteiger partial charge in [-0.3, -0.25) is 0 Å². The molecule has 0 bridgehead atoms. The molecule has 0 radical (unpaired) electrons. The lowest BCUT2D eigenvalue weighted by Gasteiger charge is -2.14. The largest absolute Gasteiger partial charge is 0.484 e. The summed E-state index contributed by atoms with van der Waals surface area (Å²) in [6, 6.07) is 19.5. The lowest BCUT2D eigenvalue weighted by molar-refractivity contribution is 0.222. The van der Waals surface area contributed by atoms with Crippen LogP contribution >= 0.6 is 0 Å². The number of ether oxygens (including phenoxy) is 1. The Kier molecular flexibility index (Phi) is 3.25. The van der Waals surface area contributed by atoms with Crippen molar-refractivity contribution in [3.63, 3.8) is 0 Å². The lowest BCUT2D eigenvalue weighted by atomic mass is 10.1. The van der Waals surface area contributed by atoms with Gasteiger partial charge in [0.05, 0.1) is 11.2 Å². The molecule has 2 aromatic carbocycles. The zero-order chi connectivity index (χ0) is 13.9. The number of nitrogen functional groups attached to an aromatic ring is 1. The first-order chi connectivity index (χ1) is 9.72. The van der Waals surface area contributed by atoms with Crippen LogP contribution in [0.2, 0.25) is 0 Å². The van der Waals surface area contributed by atoms with Crippen LogP contribution in [0.3, 0.4) is 0 Å². The SMILES string of the molecule is CC(Oc1ccc(N)cc1)c1ccc2ccccc2n1. The maximum absolute atomic E-state index is 5.89. The quantitative estimate of drug-likeness (QED) is 0.728. The summed E-state index contributed by atoms with van der Waals surface area (Å²) in [5, 5.41) is 1.14. The summed E-state index contributed by atoms with van der Waals surface area (Å²) in [6.45, 7) is 1.99. The van der Waals surface area contributed by atoms with Gasteiger partial charge in [-0.1, -0.05) is 24.3 Å². The number of para-hydroxylation sites is 1. The summed E-state index contributed by atoms with van der Waals surface area (Å²) in [5.41, 5.74) is 8.29. The molecule has 1 aromatic heterocycles. The average Bonchev–Trinajstić information content (AvgIpc) is 2.49. The third-order valence-electron chi connectivity index (χ3n) is 3.23. The Labute approximate surface area is 118 Å². The van der Waals surface area contributed by atoms with Crippen molar-refractivity contribution in [1.29, 1.82) is 0 Å². The number of benzene rings is 2. The van der Waals surface area contributed by atoms with Crippen LogP contribution in [0.1, 0.15) is 18.7 Å². The second-order valence-electron chi connectivity index (χ2n) is 4.76. The molecule has 0 aliphatic heterocycles. The van der Waals surface area contributed by atoms with Crippen molar-refractivity contribution < 1.29 is 4.74 Å². The van der Waals surface area contributed by atoms with Crippen molar-refractivity contribution in [3.8, 4) is 5.75 Å². The molecule has 100 valence electrons. The van der Waals surface area contributed by atoms with Crippen LogP contribution in [0.25, 0.3) is 10.9 Å². The van der Waals surface area contributed by atoms with Crippen LogP contribution in [0.4, 0.5) is 5.69 Å². The minimum absolute atomic E-state index is 0.108. The molecule has 0 saturated carbocycles. The molecule has 0 spiro atoms. The fourth-order valence-electron chi connectivity index (χ4n) is 2.12. The van der Waals surface area contributed by atoms with E-state index < -0.39 is 0 Å². The Bertz CT molecular complexity index is 722. The van der Waals surface area contributed by atoms with E-state index in [2.05, 4.69) is 17.1 Å². The molecule has 0 amide bonds. The van der Waals surface area contributed by atoms with E-state index in [9.17, 15) is 0 Å². The highest BCUT2D eigenvalue weighted by Crippen LogP contribution is 2.23. The van der Waals surface area contributed by atoms with E-state index in [1.54, 1.807) is 0 Å². The van der Waals surface area contributed by atoms with Crippen LogP contribution in [-0.4, -0.2) is 4.98 Å². The summed E-state index contributed by atoms with van der Waals surface area (Å²) >= 11 is 0. The summed E-state index contributed by atoms with van der Waals surface area (Å²) in [5.74, 6) is 0.793. The standard InChI is InChI=1S/C17H16N2O/c1-12(20-15-9-7-14(18)8-10-15)16-11-6-13-4-2-3-5-17(13)19-16/h2-12H,18H2,1H3. The monoisotopic (exact) mass is 264 g/mol. The van der Waals surface area contributed by atoms with Crippen molar-refractivity contribution in [2.24, 2.45) is 0 Å². The average molecular weight is 264 g/mol. The molecular formula is C17H16N2O. The van der Waals surface area contributed by atoms with E-state index in [4.69, 9.17) is 10.5 Å². The van der Waals surface area contributed by atoms with E-state index in [-0.39, 0.29) is 6.10 Å². The van der Waals surface area contributed by atoms with Crippen molar-refractivity contribution >= 4 is 16.6 Å². The van der Waals surface area contributed by atoms with Gasteiger partial charge in [0.1, 0.15) is 11.9 Å². The van der Waals surface area contributed by atoms with Gasteiger partial charge in [-0.25, -0.2) is 4.98 Å². The molecule has 3 nitrogen and oxygen atoms in total. The van der Waals surface area contributed by atoms with Crippen LogP contribution in [0.5, 0.6) is 5.75 Å². The molecule has 20 heavy (non-hydrogen) atoms. The van der Waals surface area contributed by atoms with Gasteiger partial charge in [0.25, 0.3) is 0 Å². The Morgan fingerprint density at radius 2 is 1.70 bits per heavy atom. The second-order valence-corrected chi connectivity index (χ2v) is 4.76. The highest BCUT2D eigenvalue weighted by atomic mass is 16.5. The molecule has 0 aliphatic carbocycles. The molecule has 1 atom stereocenters. The van der Waals surface area contributed by atoms with E-state index in [0.29, 0.717) is 0 Å². The Morgan fingerprint density at radius 3 is 2.50 bits per heavy atom. The van der Waals surface area contributed by atoms with Crippen LogP contribution < -0.4 is 10.5 Å². The van der Waals surface area contributed by atoms with Gasteiger partial charge in [-0.05, 0) is 43.3 Å². The minimum atomic E-state index is -0.108. The Morgan fingerprint density at radius 1 is 0.950 bits per heavy atom. The minimum Gasteiger partial charge on any atom is -0.484 e. The second kappa shape index (κ2) is 5.21. The number of nitrogens with two attached hydrogens (primary N) is 1. The molecule has 3 aromatic rings. The maximum Gasteiger partial charge on any atom is 0.138 e. The summed E-state index contributed by atoms with van der Waals surface area (Å²) in [4.78, 5) is 4.64. The first-order valence-electron chi connectivity index (χ1n) is 6.60. The van der Waals surface area contributed by atoms with Crippen molar-refractivity contribution in [2.45, 2.75) is 13.0 Å². The highest BCUT2D eigenvalue weighted by Gasteiger charge is 2.09. The predicted molar refractivity (Wildman–Crippen MR) is 81.6 cm³/mol. The van der Waals surface area contributed by atoms with Gasteiger partial charge in [0.2, 0.25) is 0 Å². The number of hydrogen-bond donors (Lipinski definition) is 1. The number of aromatic nitrogens is 1. The molecule has 3 rings (SSSR count). The van der Waals surface area contributed by atoms with Crippen LogP contribution in [-0.2, 0) is 0 Å². The van der Waals surface area contributed by atoms with E-state index >= 15 is 0 Å². The topological polar surface area (TPSA) is 48.1 Å². The highest BCUT2D eigenvalue weighted by molar-refractivity contribution is 5.78. The summed E-state index contributed by atoms with van der Waals surface area (Å²) in [7, 11) is 0. The molecule has 1 unspecified atom stereocenters. The predicted octanol–water partition coefficient (Wildman–Crippen LogP) is 3.96. The third-order valence-corrected chi connectivity index (χ3v) is 3.23. The van der Waals surface area contributed by atoms with Crippen LogP contribution in [0, 0.1) is 0 Å². The van der Waals surface area contributed by atoms with Gasteiger partial charge in [-0.15, -0.1) is 0 Å². The van der Waals surface area contributed by atoms with Crippen molar-refractivity contribution in [1.82, 2.24) is 4.98 Å². The Hall–Kier alpha value is -2.55. The Balaban J connectivity index is 1.84. The first-order valence-corrected chi connectivity index (χ1v) is 6.60. The van der Waals surface area contributed by atoms with Gasteiger partial charge in [0.15, 0.2) is 0 Å². The summed E-state index contributed by atoms with van der Waals surface area (Å²) < 4.78 is 5.89. The first kappa shape index (κ1) is 12.5. The molecule has 3 heteroatoms. The van der Waals surface area contributed by atoms with Gasteiger partial charge in [-0.2, -0.15) is 0 Å².